The van der Waals surface area contributed by atoms with Gasteiger partial charge in [-0.05, 0) is 49.1 Å². The van der Waals surface area contributed by atoms with Gasteiger partial charge in [-0.25, -0.2) is 4.79 Å². The molecule has 0 aliphatic carbocycles. The molecule has 1 atom stereocenters. The number of nitrogens with one attached hydrogen (secondary N) is 1. The Morgan fingerprint density at radius 2 is 2.16 bits per heavy atom. The van der Waals surface area contributed by atoms with Crippen molar-refractivity contribution in [2.24, 2.45) is 5.73 Å². The fraction of sp³-hybridized carbons (Fsp3) is 0.385. The van der Waals surface area contributed by atoms with Crippen LogP contribution in [0, 0.1) is 6.92 Å². The Kier molecular flexibility index (Phi) is 5.85. The summed E-state index contributed by atoms with van der Waals surface area (Å²) in [6.07, 6.45) is 2.57. The molecule has 19 heavy (non-hydrogen) atoms. The van der Waals surface area contributed by atoms with E-state index >= 15 is 0 Å². The van der Waals surface area contributed by atoms with Gasteiger partial charge in [0.15, 0.2) is 0 Å². The lowest BCUT2D eigenvalue weighted by Gasteiger charge is -2.12. The Hall–Kier alpha value is -1.53. The standard InChI is InChI=1S/C13H18N2O3S/c1-8-7-9(3-4-10(8)13(17)18)15-12(16)11(14)5-6-19-2/h3-4,7,11H,5-6,14H2,1-2H3,(H,15,16)(H,17,18)/t11-/m0/s1. The highest BCUT2D eigenvalue weighted by Crippen LogP contribution is 2.15. The maximum Gasteiger partial charge on any atom is 0.335 e. The summed E-state index contributed by atoms with van der Waals surface area (Å²) < 4.78 is 0. The first-order chi connectivity index (χ1) is 8.95. The smallest absolute Gasteiger partial charge is 0.335 e. The van der Waals surface area contributed by atoms with Crippen LogP contribution in [0.1, 0.15) is 22.3 Å². The molecule has 1 aromatic carbocycles. The summed E-state index contributed by atoms with van der Waals surface area (Å²) in [5.41, 5.74) is 7.14. The number of carbonyl (C=O) groups is 2. The quantitative estimate of drug-likeness (QED) is 0.738. The van der Waals surface area contributed by atoms with Crippen molar-refractivity contribution in [3.63, 3.8) is 0 Å². The van der Waals surface area contributed by atoms with Gasteiger partial charge in [-0.2, -0.15) is 11.8 Å². The summed E-state index contributed by atoms with van der Waals surface area (Å²) in [6, 6.07) is 4.12. The van der Waals surface area contributed by atoms with Crippen LogP contribution in [0.15, 0.2) is 18.2 Å². The predicted octanol–water partition coefficient (Wildman–Crippen LogP) is 1.71. The lowest BCUT2D eigenvalue weighted by atomic mass is 10.1. The molecule has 1 aromatic rings. The monoisotopic (exact) mass is 282 g/mol. The lowest BCUT2D eigenvalue weighted by Crippen LogP contribution is -2.36. The molecule has 0 aliphatic rings. The number of carbonyl (C=O) groups excluding carboxylic acids is 1. The second kappa shape index (κ2) is 7.16. The van der Waals surface area contributed by atoms with Crippen LogP contribution in [0.4, 0.5) is 5.69 Å². The van der Waals surface area contributed by atoms with Crippen molar-refractivity contribution >= 4 is 29.3 Å². The van der Waals surface area contributed by atoms with Gasteiger partial charge in [-0.3, -0.25) is 4.79 Å². The molecule has 0 saturated heterocycles. The van der Waals surface area contributed by atoms with E-state index in [1.54, 1.807) is 30.8 Å². The Morgan fingerprint density at radius 3 is 2.68 bits per heavy atom. The molecule has 0 heterocycles. The Morgan fingerprint density at radius 1 is 1.47 bits per heavy atom. The minimum Gasteiger partial charge on any atom is -0.478 e. The largest absolute Gasteiger partial charge is 0.478 e. The fourth-order valence-corrected chi connectivity index (χ4v) is 2.08. The average Bonchev–Trinajstić information content (AvgIpc) is 2.35. The van der Waals surface area contributed by atoms with Gasteiger partial charge in [0.05, 0.1) is 11.6 Å². The van der Waals surface area contributed by atoms with Crippen LogP contribution >= 0.6 is 11.8 Å². The molecule has 0 spiro atoms. The van der Waals surface area contributed by atoms with Crippen LogP contribution in [0.5, 0.6) is 0 Å². The molecule has 5 nitrogen and oxygen atoms in total. The molecule has 0 aliphatic heterocycles. The molecular formula is C13H18N2O3S. The molecule has 104 valence electrons. The van der Waals surface area contributed by atoms with Crippen molar-refractivity contribution in [2.45, 2.75) is 19.4 Å². The maximum atomic E-state index is 11.8. The summed E-state index contributed by atoms with van der Waals surface area (Å²) in [7, 11) is 0. The van der Waals surface area contributed by atoms with E-state index in [0.29, 0.717) is 17.7 Å². The van der Waals surface area contributed by atoms with E-state index in [0.717, 1.165) is 5.75 Å². The van der Waals surface area contributed by atoms with Crippen LogP contribution in [-0.2, 0) is 4.79 Å². The number of hydrogen-bond acceptors (Lipinski definition) is 4. The third-order valence-electron chi connectivity index (χ3n) is 2.69. The molecule has 0 aromatic heterocycles. The number of aryl methyl sites for hydroxylation is 1. The zero-order chi connectivity index (χ0) is 14.4. The van der Waals surface area contributed by atoms with Crippen molar-refractivity contribution in [3.8, 4) is 0 Å². The number of amides is 1. The van der Waals surface area contributed by atoms with E-state index in [2.05, 4.69) is 5.32 Å². The normalized spacial score (nSPS) is 11.9. The van der Waals surface area contributed by atoms with Crippen molar-refractivity contribution in [2.75, 3.05) is 17.3 Å². The van der Waals surface area contributed by atoms with E-state index in [1.807, 2.05) is 6.26 Å². The van der Waals surface area contributed by atoms with Gasteiger partial charge < -0.3 is 16.2 Å². The Labute approximate surface area is 116 Å². The molecule has 0 fully saturated rings. The molecule has 1 amide bonds. The number of hydrogen-bond donors (Lipinski definition) is 3. The van der Waals surface area contributed by atoms with E-state index in [9.17, 15) is 9.59 Å². The SMILES string of the molecule is CSCC[C@H](N)C(=O)Nc1ccc(C(=O)O)c(C)c1. The number of anilines is 1. The third-order valence-corrected chi connectivity index (χ3v) is 3.34. The van der Waals surface area contributed by atoms with Crippen molar-refractivity contribution < 1.29 is 14.7 Å². The van der Waals surface area contributed by atoms with Gasteiger partial charge in [-0.1, -0.05) is 0 Å². The molecule has 4 N–H and O–H groups in total. The van der Waals surface area contributed by atoms with E-state index in [1.165, 1.54) is 6.07 Å². The van der Waals surface area contributed by atoms with Crippen LogP contribution < -0.4 is 11.1 Å². The topological polar surface area (TPSA) is 92.4 Å². The molecular weight excluding hydrogens is 264 g/mol. The predicted molar refractivity (Wildman–Crippen MR) is 77.7 cm³/mol. The fourth-order valence-electron chi connectivity index (χ4n) is 1.59. The summed E-state index contributed by atoms with van der Waals surface area (Å²) in [6.45, 7) is 1.69. The van der Waals surface area contributed by atoms with Gasteiger partial charge in [0.2, 0.25) is 5.91 Å². The van der Waals surface area contributed by atoms with Crippen LogP contribution in [-0.4, -0.2) is 35.0 Å². The molecule has 1 rings (SSSR count). The minimum atomic E-state index is -0.980. The van der Waals surface area contributed by atoms with Gasteiger partial charge in [0, 0.05) is 5.69 Å². The number of nitrogens with two attached hydrogens (primary N) is 1. The highest BCUT2D eigenvalue weighted by atomic mass is 32.2. The van der Waals surface area contributed by atoms with Gasteiger partial charge in [0.1, 0.15) is 0 Å². The lowest BCUT2D eigenvalue weighted by molar-refractivity contribution is -0.117. The number of benzene rings is 1. The molecule has 0 bridgehead atoms. The van der Waals surface area contributed by atoms with Crippen molar-refractivity contribution in [3.05, 3.63) is 29.3 Å². The van der Waals surface area contributed by atoms with Gasteiger partial charge in [-0.15, -0.1) is 0 Å². The zero-order valence-corrected chi connectivity index (χ0v) is 11.8. The number of aromatic carboxylic acids is 1. The number of thioether (sulfide) groups is 1. The minimum absolute atomic E-state index is 0.227. The van der Waals surface area contributed by atoms with Crippen molar-refractivity contribution in [1.29, 1.82) is 0 Å². The first kappa shape index (κ1) is 15.5. The molecule has 0 radical (unpaired) electrons. The Bertz CT molecular complexity index is 477. The molecule has 0 saturated carbocycles. The zero-order valence-electron chi connectivity index (χ0n) is 11.0. The number of carboxylic acid groups (broad SMARTS) is 1. The molecule has 0 unspecified atom stereocenters. The van der Waals surface area contributed by atoms with Crippen LogP contribution in [0.2, 0.25) is 0 Å². The highest BCUT2D eigenvalue weighted by Gasteiger charge is 2.14. The highest BCUT2D eigenvalue weighted by molar-refractivity contribution is 7.98. The van der Waals surface area contributed by atoms with Crippen molar-refractivity contribution in [1.82, 2.24) is 0 Å². The second-order valence-electron chi connectivity index (χ2n) is 4.21. The average molecular weight is 282 g/mol. The van der Waals surface area contributed by atoms with E-state index in [4.69, 9.17) is 10.8 Å². The second-order valence-corrected chi connectivity index (χ2v) is 5.20. The summed E-state index contributed by atoms with van der Waals surface area (Å²) in [5.74, 6) is -0.408. The first-order valence-electron chi connectivity index (χ1n) is 5.85. The number of rotatable bonds is 6. The maximum absolute atomic E-state index is 11.8. The van der Waals surface area contributed by atoms with Crippen LogP contribution in [0.25, 0.3) is 0 Å². The van der Waals surface area contributed by atoms with Gasteiger partial charge >= 0.3 is 5.97 Å². The molecule has 6 heteroatoms. The summed E-state index contributed by atoms with van der Waals surface area (Å²) in [4.78, 5) is 22.7. The summed E-state index contributed by atoms with van der Waals surface area (Å²) >= 11 is 1.64. The number of carboxylic acids is 1. The summed E-state index contributed by atoms with van der Waals surface area (Å²) in [5, 5.41) is 11.6. The van der Waals surface area contributed by atoms with E-state index in [-0.39, 0.29) is 11.5 Å². The Balaban J connectivity index is 2.70. The first-order valence-corrected chi connectivity index (χ1v) is 7.24. The van der Waals surface area contributed by atoms with E-state index < -0.39 is 12.0 Å². The van der Waals surface area contributed by atoms with Gasteiger partial charge in [0.25, 0.3) is 0 Å². The third kappa shape index (κ3) is 4.57. The van der Waals surface area contributed by atoms with Crippen LogP contribution in [0.3, 0.4) is 0 Å².